The van der Waals surface area contributed by atoms with Crippen LogP contribution >= 0.6 is 0 Å². The number of fused-ring (bicyclic) bond motifs is 1. The summed E-state index contributed by atoms with van der Waals surface area (Å²) in [4.78, 5) is 32.7. The Morgan fingerprint density at radius 2 is 1.90 bits per heavy atom. The lowest BCUT2D eigenvalue weighted by Gasteiger charge is -2.24. The number of nitrogens with zero attached hydrogens (tertiary/aromatic N) is 3. The van der Waals surface area contributed by atoms with Crippen molar-refractivity contribution >= 4 is 17.3 Å². The number of imidazole rings is 1. The van der Waals surface area contributed by atoms with Crippen molar-refractivity contribution in [1.29, 1.82) is 0 Å². The number of rotatable bonds is 5. The largest absolute Gasteiger partial charge is 0.376 e. The Balaban J connectivity index is 1.44. The second kappa shape index (κ2) is 8.51. The zero-order valence-electron chi connectivity index (χ0n) is 17.4. The number of aromatic nitrogens is 2. The van der Waals surface area contributed by atoms with E-state index in [1.165, 1.54) is 0 Å². The van der Waals surface area contributed by atoms with Crippen molar-refractivity contribution in [2.75, 3.05) is 19.7 Å². The van der Waals surface area contributed by atoms with Crippen molar-refractivity contribution in [1.82, 2.24) is 19.6 Å². The predicted octanol–water partition coefficient (Wildman–Crippen LogP) is 3.22. The third-order valence-corrected chi connectivity index (χ3v) is 6.14. The van der Waals surface area contributed by atoms with Gasteiger partial charge in [-0.1, -0.05) is 24.3 Å². The molecule has 2 aromatic heterocycles. The molecule has 0 unspecified atom stereocenters. The van der Waals surface area contributed by atoms with Gasteiger partial charge in [0, 0.05) is 31.5 Å². The third-order valence-electron chi connectivity index (χ3n) is 6.14. The highest BCUT2D eigenvalue weighted by molar-refractivity contribution is 5.99. The normalized spacial score (nSPS) is 21.0. The van der Waals surface area contributed by atoms with Gasteiger partial charge in [0.1, 0.15) is 5.82 Å². The molecule has 160 valence electrons. The molecule has 7 heteroatoms. The fraction of sp³-hybridized carbons (Fsp3) is 0.375. The molecule has 4 heterocycles. The van der Waals surface area contributed by atoms with Gasteiger partial charge in [0.2, 0.25) is 0 Å². The molecule has 3 aromatic rings. The Labute approximate surface area is 181 Å². The first-order valence-electron chi connectivity index (χ1n) is 10.9. The number of hydrogen-bond donors (Lipinski definition) is 1. The molecule has 1 N–H and O–H groups in total. The van der Waals surface area contributed by atoms with Crippen LogP contribution in [0.3, 0.4) is 0 Å². The molecule has 2 aliphatic rings. The summed E-state index contributed by atoms with van der Waals surface area (Å²) >= 11 is 0. The molecule has 2 aliphatic heterocycles. The molecule has 31 heavy (non-hydrogen) atoms. The first kappa shape index (κ1) is 19.8. The van der Waals surface area contributed by atoms with Gasteiger partial charge >= 0.3 is 0 Å². The van der Waals surface area contributed by atoms with E-state index in [0.717, 1.165) is 43.6 Å². The molecule has 2 amide bonds. The molecule has 2 saturated heterocycles. The molecular weight excluding hydrogens is 392 g/mol. The fourth-order valence-electron chi connectivity index (χ4n) is 4.58. The first-order valence-corrected chi connectivity index (χ1v) is 10.9. The molecule has 2 atom stereocenters. The van der Waals surface area contributed by atoms with E-state index in [9.17, 15) is 9.59 Å². The van der Waals surface area contributed by atoms with Crippen LogP contribution in [0.5, 0.6) is 0 Å². The molecule has 7 nitrogen and oxygen atoms in total. The van der Waals surface area contributed by atoms with Gasteiger partial charge in [0.25, 0.3) is 11.8 Å². The summed E-state index contributed by atoms with van der Waals surface area (Å²) in [5.74, 6) is 0.532. The van der Waals surface area contributed by atoms with Gasteiger partial charge in [0.15, 0.2) is 5.69 Å². The minimum Gasteiger partial charge on any atom is -0.376 e. The van der Waals surface area contributed by atoms with E-state index >= 15 is 0 Å². The molecule has 2 fully saturated rings. The maximum atomic E-state index is 13.2. The molecule has 0 radical (unpaired) electrons. The van der Waals surface area contributed by atoms with Crippen LogP contribution in [-0.2, 0) is 4.74 Å². The maximum Gasteiger partial charge on any atom is 0.272 e. The fourth-order valence-corrected chi connectivity index (χ4v) is 4.58. The lowest BCUT2D eigenvalue weighted by molar-refractivity contribution is 0.0729. The summed E-state index contributed by atoms with van der Waals surface area (Å²) < 4.78 is 7.56. The molecule has 1 aromatic carbocycles. The summed E-state index contributed by atoms with van der Waals surface area (Å²) in [6, 6.07) is 14.9. The summed E-state index contributed by atoms with van der Waals surface area (Å²) in [6.45, 7) is 1.92. The van der Waals surface area contributed by atoms with Gasteiger partial charge in [-0.15, -0.1) is 0 Å². The van der Waals surface area contributed by atoms with Crippen LogP contribution in [0.4, 0.5) is 0 Å². The van der Waals surface area contributed by atoms with Crippen molar-refractivity contribution in [2.24, 2.45) is 0 Å². The van der Waals surface area contributed by atoms with Gasteiger partial charge in [-0.3, -0.25) is 9.59 Å². The molecule has 0 aliphatic carbocycles. The van der Waals surface area contributed by atoms with E-state index in [4.69, 9.17) is 9.72 Å². The number of pyridine rings is 1. The van der Waals surface area contributed by atoms with Crippen molar-refractivity contribution in [3.63, 3.8) is 0 Å². The number of amides is 2. The lowest BCUT2D eigenvalue weighted by Crippen LogP contribution is -2.32. The molecule has 0 saturated carbocycles. The zero-order chi connectivity index (χ0) is 21.2. The summed E-state index contributed by atoms with van der Waals surface area (Å²) in [5.41, 5.74) is 1.82. The number of likely N-dealkylation sites (tertiary alicyclic amines) is 1. The van der Waals surface area contributed by atoms with Crippen LogP contribution < -0.4 is 5.32 Å². The number of carbonyl (C=O) groups excluding carboxylic acids is 2. The Morgan fingerprint density at radius 3 is 2.71 bits per heavy atom. The van der Waals surface area contributed by atoms with Gasteiger partial charge in [-0.25, -0.2) is 4.98 Å². The summed E-state index contributed by atoms with van der Waals surface area (Å²) in [7, 11) is 0. The Kier molecular flexibility index (Phi) is 5.42. The topological polar surface area (TPSA) is 75.9 Å². The Morgan fingerprint density at radius 1 is 1.06 bits per heavy atom. The minimum absolute atomic E-state index is 0.000153. The Bertz CT molecular complexity index is 1090. The van der Waals surface area contributed by atoms with Crippen molar-refractivity contribution in [2.45, 2.75) is 37.8 Å². The molecule has 0 spiro atoms. The van der Waals surface area contributed by atoms with Gasteiger partial charge in [0.05, 0.1) is 17.7 Å². The number of nitrogens with one attached hydrogen (secondary N) is 1. The van der Waals surface area contributed by atoms with Crippen LogP contribution in [0.15, 0.2) is 54.7 Å². The zero-order valence-corrected chi connectivity index (χ0v) is 17.4. The Hall–Kier alpha value is -3.19. The highest BCUT2D eigenvalue weighted by Gasteiger charge is 2.34. The second-order valence-corrected chi connectivity index (χ2v) is 8.14. The summed E-state index contributed by atoms with van der Waals surface area (Å²) in [5, 5.41) is 2.98. The maximum absolute atomic E-state index is 13.2. The van der Waals surface area contributed by atoms with Crippen LogP contribution in [0.1, 0.15) is 58.4 Å². The van der Waals surface area contributed by atoms with Crippen LogP contribution in [0, 0.1) is 0 Å². The summed E-state index contributed by atoms with van der Waals surface area (Å²) in [6.07, 6.45) is 5.72. The van der Waals surface area contributed by atoms with Gasteiger partial charge < -0.3 is 19.4 Å². The van der Waals surface area contributed by atoms with Crippen LogP contribution in [0.2, 0.25) is 0 Å². The SMILES string of the molecule is O=C(NC[C@H]1CCCO1)c1nc([C@H]2CCCN2C(=O)c2ccccc2)n2ccccc12. The monoisotopic (exact) mass is 418 g/mol. The minimum atomic E-state index is -0.204. The standard InChI is InChI=1S/C24H26N4O3/c29-23(25-16-18-10-7-15-31-18)21-19-11-4-5-13-27(19)22(26-21)20-12-6-14-28(20)24(30)17-8-2-1-3-9-17/h1-5,8-9,11,13,18,20H,6-7,10,12,14-16H2,(H,25,29)/t18-,20-/m1/s1. The number of benzene rings is 1. The number of carbonyl (C=O) groups is 2. The van der Waals surface area contributed by atoms with Crippen molar-refractivity contribution < 1.29 is 14.3 Å². The number of hydrogen-bond acceptors (Lipinski definition) is 4. The molecule has 0 bridgehead atoms. The van der Waals surface area contributed by atoms with Crippen LogP contribution in [0.25, 0.3) is 5.52 Å². The molecule has 5 rings (SSSR count). The van der Waals surface area contributed by atoms with E-state index in [2.05, 4.69) is 5.32 Å². The molecular formula is C24H26N4O3. The average molecular weight is 418 g/mol. The predicted molar refractivity (Wildman–Crippen MR) is 116 cm³/mol. The van der Waals surface area contributed by atoms with E-state index in [1.54, 1.807) is 0 Å². The van der Waals surface area contributed by atoms with Gasteiger partial charge in [-0.05, 0) is 49.9 Å². The third kappa shape index (κ3) is 3.81. The van der Waals surface area contributed by atoms with E-state index < -0.39 is 0 Å². The quantitative estimate of drug-likeness (QED) is 0.690. The van der Waals surface area contributed by atoms with Crippen LogP contribution in [-0.4, -0.2) is 51.9 Å². The number of ether oxygens (including phenoxy) is 1. The second-order valence-electron chi connectivity index (χ2n) is 8.14. The van der Waals surface area contributed by atoms with E-state index in [-0.39, 0.29) is 24.0 Å². The van der Waals surface area contributed by atoms with E-state index in [0.29, 0.717) is 24.3 Å². The smallest absolute Gasteiger partial charge is 0.272 e. The van der Waals surface area contributed by atoms with Crippen molar-refractivity contribution in [3.8, 4) is 0 Å². The van der Waals surface area contributed by atoms with Gasteiger partial charge in [-0.2, -0.15) is 0 Å². The lowest BCUT2D eigenvalue weighted by atomic mass is 10.1. The highest BCUT2D eigenvalue weighted by atomic mass is 16.5. The first-order chi connectivity index (χ1) is 15.2. The van der Waals surface area contributed by atoms with Crippen molar-refractivity contribution in [3.05, 3.63) is 71.8 Å². The highest BCUT2D eigenvalue weighted by Crippen LogP contribution is 2.33. The average Bonchev–Trinajstić information content (AvgIpc) is 3.57. The van der Waals surface area contributed by atoms with E-state index in [1.807, 2.05) is 64.0 Å².